The highest BCUT2D eigenvalue weighted by Gasteiger charge is 2.03. The summed E-state index contributed by atoms with van der Waals surface area (Å²) in [6.45, 7) is 6.25. The third-order valence-electron chi connectivity index (χ3n) is 3.12. The number of nitrogens with one attached hydrogen (secondary N) is 1. The van der Waals surface area contributed by atoms with Crippen LogP contribution in [0.3, 0.4) is 0 Å². The van der Waals surface area contributed by atoms with Gasteiger partial charge in [-0.3, -0.25) is 4.79 Å². The zero-order valence-electron chi connectivity index (χ0n) is 12.8. The van der Waals surface area contributed by atoms with E-state index in [0.29, 0.717) is 6.54 Å². The van der Waals surface area contributed by atoms with E-state index in [1.165, 1.54) is 6.92 Å². The molecule has 0 bridgehead atoms. The minimum atomic E-state index is 0.00919. The Kier molecular flexibility index (Phi) is 4.93. The van der Waals surface area contributed by atoms with E-state index in [9.17, 15) is 4.79 Å². The average molecular weight is 283 g/mol. The van der Waals surface area contributed by atoms with Gasteiger partial charge < -0.3 is 5.32 Å². The third kappa shape index (κ3) is 4.31. The average Bonchev–Trinajstić information content (AvgIpc) is 2.77. The van der Waals surface area contributed by atoms with Crippen molar-refractivity contribution in [3.8, 4) is 5.69 Å². The zero-order chi connectivity index (χ0) is 15.2. The van der Waals surface area contributed by atoms with Gasteiger partial charge in [-0.1, -0.05) is 24.3 Å². The van der Waals surface area contributed by atoms with Crippen molar-refractivity contribution < 1.29 is 4.79 Å². The largest absolute Gasteiger partial charge is 0.356 e. The van der Waals surface area contributed by atoms with Gasteiger partial charge in [-0.25, -0.2) is 4.68 Å². The van der Waals surface area contributed by atoms with Crippen molar-refractivity contribution in [1.82, 2.24) is 15.1 Å². The molecular weight excluding hydrogens is 262 g/mol. The Morgan fingerprint density at radius 2 is 2.14 bits per heavy atom. The van der Waals surface area contributed by atoms with E-state index >= 15 is 0 Å². The number of rotatable bonds is 5. The summed E-state index contributed by atoms with van der Waals surface area (Å²) in [6, 6.07) is 10.3. The lowest BCUT2D eigenvalue weighted by molar-refractivity contribution is -0.118. The van der Waals surface area contributed by atoms with Gasteiger partial charge in [0.25, 0.3) is 0 Å². The lowest BCUT2D eigenvalue weighted by Gasteiger charge is -2.05. The Morgan fingerprint density at radius 1 is 1.33 bits per heavy atom. The Balaban J connectivity index is 2.06. The quantitative estimate of drug-likeness (QED) is 0.857. The Hall–Kier alpha value is -2.36. The van der Waals surface area contributed by atoms with Crippen molar-refractivity contribution in [1.29, 1.82) is 0 Å². The zero-order valence-corrected chi connectivity index (χ0v) is 12.8. The van der Waals surface area contributed by atoms with Crippen molar-refractivity contribution in [2.24, 2.45) is 0 Å². The maximum Gasteiger partial charge on any atom is 0.216 e. The molecule has 1 aromatic heterocycles. The molecule has 1 aromatic carbocycles. The molecule has 110 valence electrons. The van der Waals surface area contributed by atoms with Gasteiger partial charge >= 0.3 is 0 Å². The SMILES string of the molecule is CC(=O)NCCC=Cc1cccc(-n2nc(C)cc2C)c1. The minimum absolute atomic E-state index is 0.00919. The molecule has 1 N–H and O–H groups in total. The fourth-order valence-electron chi connectivity index (χ4n) is 2.20. The van der Waals surface area contributed by atoms with Crippen LogP contribution in [-0.2, 0) is 4.79 Å². The summed E-state index contributed by atoms with van der Waals surface area (Å²) in [7, 11) is 0. The fraction of sp³-hybridized carbons (Fsp3) is 0.294. The molecule has 0 spiro atoms. The lowest BCUT2D eigenvalue weighted by atomic mass is 10.1. The summed E-state index contributed by atoms with van der Waals surface area (Å²) in [5, 5.41) is 7.27. The second-order valence-electron chi connectivity index (χ2n) is 5.11. The van der Waals surface area contributed by atoms with Crippen molar-refractivity contribution in [2.45, 2.75) is 27.2 Å². The van der Waals surface area contributed by atoms with Crippen molar-refractivity contribution >= 4 is 12.0 Å². The molecule has 21 heavy (non-hydrogen) atoms. The van der Waals surface area contributed by atoms with Gasteiger partial charge in [0.1, 0.15) is 0 Å². The molecule has 4 nitrogen and oxygen atoms in total. The topological polar surface area (TPSA) is 46.9 Å². The van der Waals surface area contributed by atoms with E-state index in [2.05, 4.69) is 47.7 Å². The lowest BCUT2D eigenvalue weighted by Crippen LogP contribution is -2.20. The normalized spacial score (nSPS) is 11.0. The highest BCUT2D eigenvalue weighted by molar-refractivity contribution is 5.72. The number of aromatic nitrogens is 2. The molecule has 0 aliphatic heterocycles. The van der Waals surface area contributed by atoms with Crippen LogP contribution in [0.4, 0.5) is 0 Å². The van der Waals surface area contributed by atoms with E-state index in [1.807, 2.05) is 23.7 Å². The van der Waals surface area contributed by atoms with Gasteiger partial charge in [-0.15, -0.1) is 0 Å². The summed E-state index contributed by atoms with van der Waals surface area (Å²) in [4.78, 5) is 10.8. The number of carbonyl (C=O) groups is 1. The van der Waals surface area contributed by atoms with Crippen LogP contribution in [0.15, 0.2) is 36.4 Å². The van der Waals surface area contributed by atoms with Gasteiger partial charge in [0.15, 0.2) is 0 Å². The van der Waals surface area contributed by atoms with Crippen molar-refractivity contribution in [3.05, 3.63) is 53.4 Å². The summed E-state index contributed by atoms with van der Waals surface area (Å²) in [5.74, 6) is 0.00919. The van der Waals surface area contributed by atoms with Crippen LogP contribution >= 0.6 is 0 Å². The number of carbonyl (C=O) groups excluding carboxylic acids is 1. The van der Waals surface area contributed by atoms with Crippen molar-refractivity contribution in [2.75, 3.05) is 6.54 Å². The first-order chi connectivity index (χ1) is 10.1. The van der Waals surface area contributed by atoms with Crippen LogP contribution in [0, 0.1) is 13.8 Å². The van der Waals surface area contributed by atoms with Crippen LogP contribution in [-0.4, -0.2) is 22.2 Å². The second-order valence-corrected chi connectivity index (χ2v) is 5.11. The smallest absolute Gasteiger partial charge is 0.216 e. The Bertz CT molecular complexity index is 656. The second kappa shape index (κ2) is 6.88. The first kappa shape index (κ1) is 15.0. The monoisotopic (exact) mass is 283 g/mol. The number of amides is 1. The van der Waals surface area contributed by atoms with E-state index in [1.54, 1.807) is 0 Å². The molecule has 0 fully saturated rings. The summed E-state index contributed by atoms with van der Waals surface area (Å²) < 4.78 is 1.95. The van der Waals surface area contributed by atoms with Gasteiger partial charge in [-0.2, -0.15) is 5.10 Å². The minimum Gasteiger partial charge on any atom is -0.356 e. The molecule has 0 saturated carbocycles. The van der Waals surface area contributed by atoms with Crippen LogP contribution in [0.2, 0.25) is 0 Å². The molecule has 0 radical (unpaired) electrons. The Labute approximate surface area is 125 Å². The highest BCUT2D eigenvalue weighted by atomic mass is 16.1. The molecule has 2 aromatic rings. The number of hydrogen-bond donors (Lipinski definition) is 1. The standard InChI is InChI=1S/C17H21N3O/c1-13-11-14(2)20(19-13)17-9-6-8-16(12-17)7-4-5-10-18-15(3)21/h4,6-9,11-12H,5,10H2,1-3H3,(H,18,21). The molecule has 0 atom stereocenters. The third-order valence-corrected chi connectivity index (χ3v) is 3.12. The molecular formula is C17H21N3O. The van der Waals surface area contributed by atoms with Gasteiger partial charge in [-0.05, 0) is 44.0 Å². The van der Waals surface area contributed by atoms with Gasteiger partial charge in [0.2, 0.25) is 5.91 Å². The highest BCUT2D eigenvalue weighted by Crippen LogP contribution is 2.14. The molecule has 0 unspecified atom stereocenters. The van der Waals surface area contributed by atoms with E-state index in [4.69, 9.17) is 0 Å². The molecule has 1 amide bonds. The van der Waals surface area contributed by atoms with Crippen LogP contribution < -0.4 is 5.32 Å². The molecule has 4 heteroatoms. The molecule has 0 aliphatic rings. The van der Waals surface area contributed by atoms with Crippen molar-refractivity contribution in [3.63, 3.8) is 0 Å². The predicted molar refractivity (Wildman–Crippen MR) is 85.4 cm³/mol. The number of aryl methyl sites for hydroxylation is 2. The van der Waals surface area contributed by atoms with Crippen LogP contribution in [0.5, 0.6) is 0 Å². The summed E-state index contributed by atoms with van der Waals surface area (Å²) in [6.07, 6.45) is 4.96. The first-order valence-corrected chi connectivity index (χ1v) is 7.11. The molecule has 1 heterocycles. The number of nitrogens with zero attached hydrogens (tertiary/aromatic N) is 2. The van der Waals surface area contributed by atoms with E-state index in [-0.39, 0.29) is 5.91 Å². The number of benzene rings is 1. The Morgan fingerprint density at radius 3 is 2.81 bits per heavy atom. The number of hydrogen-bond acceptors (Lipinski definition) is 2. The predicted octanol–water partition coefficient (Wildman–Crippen LogP) is 3.03. The fourth-order valence-corrected chi connectivity index (χ4v) is 2.20. The van der Waals surface area contributed by atoms with Crippen LogP contribution in [0.1, 0.15) is 30.3 Å². The maximum atomic E-state index is 10.8. The molecule has 0 saturated heterocycles. The summed E-state index contributed by atoms with van der Waals surface area (Å²) in [5.41, 5.74) is 4.33. The van der Waals surface area contributed by atoms with E-state index in [0.717, 1.165) is 29.1 Å². The maximum absolute atomic E-state index is 10.8. The molecule has 0 aliphatic carbocycles. The molecule has 2 rings (SSSR count). The van der Waals surface area contributed by atoms with Crippen LogP contribution in [0.25, 0.3) is 11.8 Å². The summed E-state index contributed by atoms with van der Waals surface area (Å²) >= 11 is 0. The van der Waals surface area contributed by atoms with E-state index < -0.39 is 0 Å². The first-order valence-electron chi connectivity index (χ1n) is 7.11. The van der Waals surface area contributed by atoms with Gasteiger partial charge in [0, 0.05) is 19.2 Å². The van der Waals surface area contributed by atoms with Gasteiger partial charge in [0.05, 0.1) is 11.4 Å².